The van der Waals surface area contributed by atoms with Crippen molar-refractivity contribution in [2.24, 2.45) is 0 Å². The molecule has 0 radical (unpaired) electrons. The highest BCUT2D eigenvalue weighted by Gasteiger charge is 2.30. The molecule has 3 N–H and O–H groups in total. The van der Waals surface area contributed by atoms with Crippen molar-refractivity contribution in [2.45, 2.75) is 37.6 Å². The van der Waals surface area contributed by atoms with E-state index in [1.54, 1.807) is 0 Å². The summed E-state index contributed by atoms with van der Waals surface area (Å²) in [6.07, 6.45) is -1.62. The molecule has 2 aromatic carbocycles. The van der Waals surface area contributed by atoms with E-state index < -0.39 is 42.9 Å². The minimum Gasteiger partial charge on any atom is -0.481 e. The molecule has 1 atom stereocenters. The molecule has 1 unspecified atom stereocenters. The van der Waals surface area contributed by atoms with Gasteiger partial charge in [-0.1, -0.05) is 48.5 Å². The van der Waals surface area contributed by atoms with Gasteiger partial charge < -0.3 is 20.5 Å². The zero-order valence-electron chi connectivity index (χ0n) is 17.4. The topological polar surface area (TPSA) is 105 Å². The Balaban J connectivity index is 1.65. The first kappa shape index (κ1) is 23.2. The molecule has 1 aliphatic carbocycles. The fourth-order valence-electron chi connectivity index (χ4n) is 3.68. The number of carboxylic acid groups (broad SMARTS) is 1. The number of carboxylic acids is 1. The molecule has 32 heavy (non-hydrogen) atoms. The molecule has 2 amide bonds. The maximum absolute atomic E-state index is 13.0. The minimum absolute atomic E-state index is 0.000159. The maximum Gasteiger partial charge on any atom is 0.407 e. The molecule has 2 aromatic rings. The number of aliphatic carboxylic acids is 1. The number of alkyl halides is 2. The van der Waals surface area contributed by atoms with Crippen molar-refractivity contribution in [3.8, 4) is 11.1 Å². The predicted octanol–water partition coefficient (Wildman–Crippen LogP) is 3.53. The van der Waals surface area contributed by atoms with E-state index in [0.717, 1.165) is 22.3 Å². The van der Waals surface area contributed by atoms with Crippen molar-refractivity contribution >= 4 is 18.0 Å². The van der Waals surface area contributed by atoms with Gasteiger partial charge in [0.25, 0.3) is 5.92 Å². The molecule has 0 heterocycles. The fraction of sp³-hybridized carbons (Fsp3) is 0.348. The smallest absolute Gasteiger partial charge is 0.407 e. The van der Waals surface area contributed by atoms with E-state index in [4.69, 9.17) is 9.84 Å². The van der Waals surface area contributed by atoms with E-state index in [1.807, 2.05) is 53.8 Å². The number of rotatable bonds is 9. The summed E-state index contributed by atoms with van der Waals surface area (Å²) < 4.78 is 31.4. The largest absolute Gasteiger partial charge is 0.481 e. The van der Waals surface area contributed by atoms with Crippen LogP contribution in [0.15, 0.2) is 48.5 Å². The van der Waals surface area contributed by atoms with Gasteiger partial charge in [-0.2, -0.15) is 0 Å². The van der Waals surface area contributed by atoms with Gasteiger partial charge in [0.15, 0.2) is 0 Å². The Morgan fingerprint density at radius 3 is 2.16 bits per heavy atom. The molecule has 9 heteroatoms. The Hall–Kier alpha value is -3.49. The van der Waals surface area contributed by atoms with Gasteiger partial charge in [0.05, 0.1) is 6.54 Å². The number of alkyl carbamates (subject to hydrolysis) is 1. The zero-order chi connectivity index (χ0) is 23.3. The first-order chi connectivity index (χ1) is 15.2. The number of fused-ring (bicyclic) bond motifs is 3. The summed E-state index contributed by atoms with van der Waals surface area (Å²) in [6, 6.07) is 14.2. The molecular weight excluding hydrogens is 422 g/mol. The van der Waals surface area contributed by atoms with E-state index in [2.05, 4.69) is 5.32 Å². The van der Waals surface area contributed by atoms with Gasteiger partial charge in [-0.15, -0.1) is 0 Å². The molecule has 0 bridgehead atoms. The lowest BCUT2D eigenvalue weighted by Gasteiger charge is -2.20. The average molecular weight is 446 g/mol. The van der Waals surface area contributed by atoms with Crippen molar-refractivity contribution < 1.29 is 33.0 Å². The van der Waals surface area contributed by atoms with E-state index in [0.29, 0.717) is 6.92 Å². The van der Waals surface area contributed by atoms with Gasteiger partial charge in [-0.25, -0.2) is 13.6 Å². The number of benzene rings is 2. The van der Waals surface area contributed by atoms with Gasteiger partial charge in [-0.05, 0) is 28.7 Å². The molecule has 7 nitrogen and oxygen atoms in total. The van der Waals surface area contributed by atoms with Crippen LogP contribution >= 0.6 is 0 Å². The van der Waals surface area contributed by atoms with Gasteiger partial charge in [0.1, 0.15) is 12.6 Å². The summed E-state index contributed by atoms with van der Waals surface area (Å²) in [5.74, 6) is -5.42. The molecule has 170 valence electrons. The monoisotopic (exact) mass is 446 g/mol. The highest BCUT2D eigenvalue weighted by molar-refractivity contribution is 5.86. The SMILES string of the molecule is CC(F)(F)CNC(=O)C(CCC(=O)O)NC(=O)OCC1c2ccccc2-c2ccccc21. The van der Waals surface area contributed by atoms with Crippen molar-refractivity contribution in [1.29, 1.82) is 0 Å². The second-order valence-corrected chi connectivity index (χ2v) is 7.74. The molecule has 0 aromatic heterocycles. The number of halogens is 2. The lowest BCUT2D eigenvalue weighted by Crippen LogP contribution is -2.49. The molecule has 0 saturated carbocycles. The maximum atomic E-state index is 13.0. The third-order valence-electron chi connectivity index (χ3n) is 5.17. The second-order valence-electron chi connectivity index (χ2n) is 7.74. The standard InChI is InChI=1S/C23H24F2N2O5/c1-23(24,25)13-26-21(30)19(10-11-20(28)29)27-22(31)32-12-18-16-8-4-2-6-14(16)15-7-3-5-9-17(15)18/h2-9,18-19H,10-13H2,1H3,(H,26,30)(H,27,31)(H,28,29). The molecule has 1 aliphatic rings. The number of hydrogen-bond acceptors (Lipinski definition) is 4. The summed E-state index contributed by atoms with van der Waals surface area (Å²) in [6.45, 7) is -0.291. The average Bonchev–Trinajstić information content (AvgIpc) is 3.06. The Morgan fingerprint density at radius 2 is 1.62 bits per heavy atom. The van der Waals surface area contributed by atoms with Crippen LogP contribution < -0.4 is 10.6 Å². The number of nitrogens with one attached hydrogen (secondary N) is 2. The van der Waals surface area contributed by atoms with Crippen LogP contribution in [0.4, 0.5) is 13.6 Å². The fourth-order valence-corrected chi connectivity index (χ4v) is 3.68. The summed E-state index contributed by atoms with van der Waals surface area (Å²) in [4.78, 5) is 35.5. The predicted molar refractivity (Wildman–Crippen MR) is 112 cm³/mol. The van der Waals surface area contributed by atoms with Crippen molar-refractivity contribution in [3.05, 3.63) is 59.7 Å². The normalized spacial score (nSPS) is 13.6. The van der Waals surface area contributed by atoms with Gasteiger partial charge in [0, 0.05) is 19.3 Å². The molecule has 3 rings (SSSR count). The Morgan fingerprint density at radius 1 is 1.06 bits per heavy atom. The minimum atomic E-state index is -3.14. The summed E-state index contributed by atoms with van der Waals surface area (Å²) in [5.41, 5.74) is 4.12. The van der Waals surface area contributed by atoms with Crippen molar-refractivity contribution in [1.82, 2.24) is 10.6 Å². The third-order valence-corrected chi connectivity index (χ3v) is 5.17. The van der Waals surface area contributed by atoms with E-state index >= 15 is 0 Å². The van der Waals surface area contributed by atoms with E-state index in [-0.39, 0.29) is 18.9 Å². The highest BCUT2D eigenvalue weighted by atomic mass is 19.3. The first-order valence-corrected chi connectivity index (χ1v) is 10.1. The van der Waals surface area contributed by atoms with Crippen LogP contribution in [0.5, 0.6) is 0 Å². The lowest BCUT2D eigenvalue weighted by molar-refractivity contribution is -0.137. The Bertz CT molecular complexity index is 960. The van der Waals surface area contributed by atoms with Crippen LogP contribution in [0.25, 0.3) is 11.1 Å². The number of ether oxygens (including phenoxy) is 1. The molecule has 0 spiro atoms. The van der Waals surface area contributed by atoms with Crippen molar-refractivity contribution in [3.63, 3.8) is 0 Å². The van der Waals surface area contributed by atoms with Crippen LogP contribution in [0, 0.1) is 0 Å². The zero-order valence-corrected chi connectivity index (χ0v) is 17.4. The molecule has 0 fully saturated rings. The Labute approximate surface area is 183 Å². The number of carbonyl (C=O) groups excluding carboxylic acids is 2. The van der Waals surface area contributed by atoms with E-state index in [1.165, 1.54) is 0 Å². The first-order valence-electron chi connectivity index (χ1n) is 10.1. The third kappa shape index (κ3) is 5.81. The van der Waals surface area contributed by atoms with E-state index in [9.17, 15) is 23.2 Å². The Kier molecular flexibility index (Phi) is 7.07. The van der Waals surface area contributed by atoms with Crippen LogP contribution in [0.2, 0.25) is 0 Å². The van der Waals surface area contributed by atoms with Gasteiger partial charge in [-0.3, -0.25) is 9.59 Å². The highest BCUT2D eigenvalue weighted by Crippen LogP contribution is 2.44. The molecule has 0 aliphatic heterocycles. The van der Waals surface area contributed by atoms with Gasteiger partial charge >= 0.3 is 12.1 Å². The molecular formula is C23H24F2N2O5. The summed E-state index contributed by atoms with van der Waals surface area (Å²) in [5, 5.41) is 13.2. The molecule has 0 saturated heterocycles. The quantitative estimate of drug-likeness (QED) is 0.547. The van der Waals surface area contributed by atoms with Crippen LogP contribution in [0.1, 0.15) is 36.8 Å². The summed E-state index contributed by atoms with van der Waals surface area (Å²) in [7, 11) is 0. The van der Waals surface area contributed by atoms with Crippen molar-refractivity contribution in [2.75, 3.05) is 13.2 Å². The summed E-state index contributed by atoms with van der Waals surface area (Å²) >= 11 is 0. The van der Waals surface area contributed by atoms with Gasteiger partial charge in [0.2, 0.25) is 5.91 Å². The van der Waals surface area contributed by atoms with Crippen LogP contribution in [-0.4, -0.2) is 48.2 Å². The van der Waals surface area contributed by atoms with Crippen LogP contribution in [-0.2, 0) is 14.3 Å². The number of amides is 2. The number of carbonyl (C=O) groups is 3. The van der Waals surface area contributed by atoms with Crippen LogP contribution in [0.3, 0.4) is 0 Å². The lowest BCUT2D eigenvalue weighted by atomic mass is 9.98. The number of hydrogen-bond donors (Lipinski definition) is 3. The second kappa shape index (κ2) is 9.76.